The number of aromatic nitrogens is 1. The summed E-state index contributed by atoms with van der Waals surface area (Å²) in [6, 6.07) is 91.9. The van der Waals surface area contributed by atoms with E-state index in [4.69, 9.17) is 0 Å². The zero-order valence-corrected chi connectivity index (χ0v) is 37.0. The van der Waals surface area contributed by atoms with Gasteiger partial charge in [-0.15, -0.1) is 0 Å². The van der Waals surface area contributed by atoms with Crippen molar-refractivity contribution in [1.82, 2.24) is 4.57 Å². The molecule has 0 saturated heterocycles. The van der Waals surface area contributed by atoms with Crippen LogP contribution in [0.2, 0.25) is 0 Å². The molecule has 4 aliphatic rings. The van der Waals surface area contributed by atoms with Crippen molar-refractivity contribution in [1.29, 1.82) is 0 Å². The first-order chi connectivity index (χ1) is 33.8. The minimum atomic E-state index is -0.584. The van der Waals surface area contributed by atoms with Crippen LogP contribution in [0.25, 0.3) is 71.6 Å². The van der Waals surface area contributed by atoms with E-state index in [1.807, 2.05) is 0 Å². The molecule has 0 N–H and O–H groups in total. The molecule has 2 heteroatoms. The van der Waals surface area contributed by atoms with E-state index >= 15 is 0 Å². The highest BCUT2D eigenvalue weighted by Crippen LogP contribution is 2.66. The molecule has 1 aliphatic heterocycles. The van der Waals surface area contributed by atoms with E-state index in [0.717, 1.165) is 17.1 Å². The number of hydrogen-bond acceptors (Lipinski definition) is 1. The third-order valence-corrected chi connectivity index (χ3v) is 16.2. The smallest absolute Gasteiger partial charge is 0.0755 e. The summed E-state index contributed by atoms with van der Waals surface area (Å²) < 4.78 is 2.56. The molecule has 314 valence electrons. The predicted molar refractivity (Wildman–Crippen MR) is 280 cm³/mol. The summed E-state index contributed by atoms with van der Waals surface area (Å²) in [7, 11) is 0. The summed E-state index contributed by atoms with van der Waals surface area (Å²) in [6.07, 6.45) is 0. The molecule has 0 bridgehead atoms. The Morgan fingerprint density at radius 2 is 0.765 bits per heavy atom. The minimum Gasteiger partial charge on any atom is -0.309 e. The fraction of sp³-hybridized carbons (Fsp3) is 0.0303. The van der Waals surface area contributed by atoms with Gasteiger partial charge in [0.2, 0.25) is 0 Å². The van der Waals surface area contributed by atoms with Gasteiger partial charge >= 0.3 is 0 Å². The molecule has 3 aliphatic carbocycles. The fourth-order valence-corrected chi connectivity index (χ4v) is 13.8. The van der Waals surface area contributed by atoms with Crippen molar-refractivity contribution in [3.63, 3.8) is 0 Å². The topological polar surface area (TPSA) is 8.17 Å². The van der Waals surface area contributed by atoms with Gasteiger partial charge in [0.25, 0.3) is 0 Å². The molecular formula is C66H40N2. The van der Waals surface area contributed by atoms with E-state index in [2.05, 4.69) is 252 Å². The van der Waals surface area contributed by atoms with Crippen molar-refractivity contribution in [2.75, 3.05) is 4.90 Å². The molecule has 0 unspecified atom stereocenters. The molecule has 11 aromatic carbocycles. The van der Waals surface area contributed by atoms with Gasteiger partial charge in [-0.1, -0.05) is 206 Å². The number of hydrogen-bond donors (Lipinski definition) is 0. The first kappa shape index (κ1) is 36.5. The predicted octanol–water partition coefficient (Wildman–Crippen LogP) is 16.4. The van der Waals surface area contributed by atoms with Crippen molar-refractivity contribution < 1.29 is 0 Å². The van der Waals surface area contributed by atoms with Crippen molar-refractivity contribution in [2.45, 2.75) is 10.8 Å². The van der Waals surface area contributed by atoms with E-state index < -0.39 is 10.8 Å². The molecule has 0 fully saturated rings. The summed E-state index contributed by atoms with van der Waals surface area (Å²) in [6.45, 7) is 0. The third-order valence-electron chi connectivity index (χ3n) is 16.2. The quantitative estimate of drug-likeness (QED) is 0.172. The maximum Gasteiger partial charge on any atom is 0.0755 e. The standard InChI is InChI=1S/C66H40N2/c1-2-20-43-41(18-1)19-15-36-59(43)67(62-37-17-33-56-63(62)50-26-7-13-32-55(50)65(56)51-28-9-3-21-44(51)45-22-4-10-29-52(45)65)42-38-39-61-58(40-42)66(53-30-11-5-23-46(53)47-24-6-12-31-54(47)66)57-34-16-27-49-48-25-8-14-35-60(48)68(61)64(49)57/h1-40H. The number of para-hydroxylation sites is 2. The zero-order chi connectivity index (χ0) is 44.3. The Labute approximate surface area is 394 Å². The second-order valence-electron chi connectivity index (χ2n) is 19.0. The number of nitrogens with zero attached hydrogens (tertiary/aromatic N) is 2. The average Bonchev–Trinajstić information content (AvgIpc) is 4.10. The van der Waals surface area contributed by atoms with Crippen molar-refractivity contribution in [3.8, 4) is 39.1 Å². The van der Waals surface area contributed by atoms with Crippen LogP contribution in [0.15, 0.2) is 243 Å². The largest absolute Gasteiger partial charge is 0.309 e. The number of rotatable bonds is 3. The lowest BCUT2D eigenvalue weighted by Crippen LogP contribution is -2.33. The van der Waals surface area contributed by atoms with Gasteiger partial charge in [0.15, 0.2) is 0 Å². The molecule has 0 atom stereocenters. The summed E-state index contributed by atoms with van der Waals surface area (Å²) in [5.41, 5.74) is 24.5. The molecule has 0 radical (unpaired) electrons. The van der Waals surface area contributed by atoms with E-state index in [1.54, 1.807) is 0 Å². The molecule has 2 nitrogen and oxygen atoms in total. The lowest BCUT2D eigenvalue weighted by molar-refractivity contribution is 0.748. The monoisotopic (exact) mass is 860 g/mol. The maximum absolute atomic E-state index is 2.59. The summed E-state index contributed by atoms with van der Waals surface area (Å²) in [5, 5.41) is 4.98. The molecule has 0 saturated carbocycles. The Bertz CT molecular complexity index is 4090. The normalized spacial score (nSPS) is 14.4. The average molecular weight is 861 g/mol. The van der Waals surface area contributed by atoms with E-state index in [0.29, 0.717) is 0 Å². The SMILES string of the molecule is c1ccc2c(c1)-c1ccccc1C21c2ccccc2-c2c(N(c3ccc4c(c3)C3(c5ccccc5-c5ccccc53)c3cccc5c6ccccc6n-4c35)c3cccc4ccccc34)cccc21. The highest BCUT2D eigenvalue weighted by molar-refractivity contribution is 6.13. The first-order valence-electron chi connectivity index (χ1n) is 23.9. The van der Waals surface area contributed by atoms with Crippen LogP contribution in [0.5, 0.6) is 0 Å². The summed E-state index contributed by atoms with van der Waals surface area (Å²) >= 11 is 0. The Morgan fingerprint density at radius 1 is 0.309 bits per heavy atom. The van der Waals surface area contributed by atoms with Crippen LogP contribution >= 0.6 is 0 Å². The van der Waals surface area contributed by atoms with Crippen molar-refractivity contribution in [2.24, 2.45) is 0 Å². The third kappa shape index (κ3) is 4.22. The Hall–Kier alpha value is -8.72. The molecule has 0 amide bonds. The van der Waals surface area contributed by atoms with Gasteiger partial charge < -0.3 is 9.47 Å². The highest BCUT2D eigenvalue weighted by Gasteiger charge is 2.54. The van der Waals surface area contributed by atoms with Crippen LogP contribution in [-0.2, 0) is 10.8 Å². The van der Waals surface area contributed by atoms with Crippen LogP contribution in [0.3, 0.4) is 0 Å². The molecule has 2 heterocycles. The molecule has 68 heavy (non-hydrogen) atoms. The van der Waals surface area contributed by atoms with E-state index in [-0.39, 0.29) is 0 Å². The molecule has 12 aromatic rings. The Kier molecular flexibility index (Phi) is 6.98. The Balaban J connectivity index is 1.05. The minimum absolute atomic E-state index is 0.471. The first-order valence-corrected chi connectivity index (χ1v) is 23.9. The number of fused-ring (bicyclic) bond motifs is 23. The van der Waals surface area contributed by atoms with Crippen molar-refractivity contribution >= 4 is 49.6 Å². The van der Waals surface area contributed by atoms with Gasteiger partial charge in [-0.25, -0.2) is 0 Å². The molecule has 16 rings (SSSR count). The van der Waals surface area contributed by atoms with Gasteiger partial charge in [0, 0.05) is 27.4 Å². The van der Waals surface area contributed by atoms with Gasteiger partial charge in [0.05, 0.1) is 38.9 Å². The maximum atomic E-state index is 2.59. The van der Waals surface area contributed by atoms with Crippen LogP contribution < -0.4 is 4.90 Å². The number of anilines is 3. The van der Waals surface area contributed by atoms with Crippen LogP contribution in [-0.4, -0.2) is 4.57 Å². The summed E-state index contributed by atoms with van der Waals surface area (Å²) in [5.74, 6) is 0. The zero-order valence-electron chi connectivity index (χ0n) is 37.0. The van der Waals surface area contributed by atoms with Gasteiger partial charge in [-0.3, -0.25) is 0 Å². The van der Waals surface area contributed by atoms with Gasteiger partial charge in [-0.2, -0.15) is 0 Å². The second kappa shape index (κ2) is 13.0. The molecular weight excluding hydrogens is 821 g/mol. The van der Waals surface area contributed by atoms with E-state index in [1.165, 1.54) is 116 Å². The van der Waals surface area contributed by atoms with Crippen LogP contribution in [0.1, 0.15) is 44.5 Å². The lowest BCUT2D eigenvalue weighted by atomic mass is 9.65. The second-order valence-corrected chi connectivity index (χ2v) is 19.0. The molecule has 1 aromatic heterocycles. The van der Waals surface area contributed by atoms with Gasteiger partial charge in [0.1, 0.15) is 0 Å². The van der Waals surface area contributed by atoms with E-state index in [9.17, 15) is 0 Å². The fourth-order valence-electron chi connectivity index (χ4n) is 13.8. The van der Waals surface area contributed by atoms with Gasteiger partial charge in [-0.05, 0) is 114 Å². The van der Waals surface area contributed by atoms with Crippen molar-refractivity contribution in [3.05, 3.63) is 287 Å². The number of benzene rings is 11. The van der Waals surface area contributed by atoms with Crippen LogP contribution in [0, 0.1) is 0 Å². The summed E-state index contributed by atoms with van der Waals surface area (Å²) in [4.78, 5) is 2.59. The molecule has 2 spiro atoms. The highest BCUT2D eigenvalue weighted by atomic mass is 15.1. The Morgan fingerprint density at radius 3 is 1.44 bits per heavy atom. The lowest BCUT2D eigenvalue weighted by Gasteiger charge is -2.40. The van der Waals surface area contributed by atoms with Crippen LogP contribution in [0.4, 0.5) is 17.1 Å².